The quantitative estimate of drug-likeness (QED) is 0.309. The number of ether oxygens (including phenoxy) is 2. The molecule has 0 amide bonds. The summed E-state index contributed by atoms with van der Waals surface area (Å²) in [5.74, 6) is -0.489. The van der Waals surface area contributed by atoms with Gasteiger partial charge >= 0.3 is 0 Å². The molecule has 0 radical (unpaired) electrons. The third-order valence-electron chi connectivity index (χ3n) is 3.77. The second-order valence-corrected chi connectivity index (χ2v) is 5.25. The minimum atomic E-state index is -1.55. The van der Waals surface area contributed by atoms with Crippen LogP contribution >= 0.6 is 0 Å². The van der Waals surface area contributed by atoms with E-state index in [0.717, 1.165) is 0 Å². The van der Waals surface area contributed by atoms with E-state index in [9.17, 15) is 25.5 Å². The van der Waals surface area contributed by atoms with Crippen LogP contribution in [0, 0.1) is 5.92 Å². The van der Waals surface area contributed by atoms with Crippen LogP contribution in [-0.4, -0.2) is 99.5 Å². The van der Waals surface area contributed by atoms with Gasteiger partial charge in [-0.3, -0.25) is 4.99 Å². The van der Waals surface area contributed by atoms with Crippen molar-refractivity contribution in [2.24, 2.45) is 10.9 Å². The normalized spacial score (nSPS) is 47.5. The molecule has 2 heterocycles. The smallest absolute Gasteiger partial charge is 0.187 e. The summed E-state index contributed by atoms with van der Waals surface area (Å²) in [6.45, 7) is -0.602. The van der Waals surface area contributed by atoms with Crippen molar-refractivity contribution in [3.63, 3.8) is 0 Å². The first-order valence-electron chi connectivity index (χ1n) is 6.74. The van der Waals surface area contributed by atoms with Crippen LogP contribution in [0.3, 0.4) is 0 Å². The molecule has 0 unspecified atom stereocenters. The highest BCUT2D eigenvalue weighted by Crippen LogP contribution is 2.26. The average molecular weight is 307 g/mol. The van der Waals surface area contributed by atoms with Crippen molar-refractivity contribution in [1.29, 1.82) is 0 Å². The molecule has 9 heteroatoms. The number of aliphatic hydroxyl groups excluding tert-OH is 6. The Kier molecular flexibility index (Phi) is 5.63. The van der Waals surface area contributed by atoms with Crippen molar-refractivity contribution < 1.29 is 40.1 Å². The Morgan fingerprint density at radius 3 is 2.38 bits per heavy atom. The van der Waals surface area contributed by atoms with Crippen molar-refractivity contribution in [3.05, 3.63) is 0 Å². The highest BCUT2D eigenvalue weighted by Gasteiger charge is 2.46. The Bertz CT molecular complexity index is 365. The van der Waals surface area contributed by atoms with Crippen LogP contribution in [0.1, 0.15) is 0 Å². The monoisotopic (exact) mass is 307 g/mol. The molecule has 0 saturated carbocycles. The maximum absolute atomic E-state index is 9.88. The molecule has 0 bridgehead atoms. The second kappa shape index (κ2) is 7.07. The zero-order valence-corrected chi connectivity index (χ0v) is 11.3. The lowest BCUT2D eigenvalue weighted by Crippen LogP contribution is -2.61. The molecule has 8 atom stereocenters. The van der Waals surface area contributed by atoms with Crippen LogP contribution in [0.25, 0.3) is 0 Å². The summed E-state index contributed by atoms with van der Waals surface area (Å²) >= 11 is 0. The van der Waals surface area contributed by atoms with Crippen LogP contribution in [0.15, 0.2) is 4.99 Å². The fourth-order valence-electron chi connectivity index (χ4n) is 2.46. The number of aliphatic hydroxyl groups is 6. The fraction of sp³-hybridized carbons (Fsp3) is 0.917. The molecule has 1 fully saturated rings. The van der Waals surface area contributed by atoms with Gasteiger partial charge < -0.3 is 40.1 Å². The van der Waals surface area contributed by atoms with E-state index < -0.39 is 55.4 Å². The van der Waals surface area contributed by atoms with Crippen molar-refractivity contribution in [2.45, 2.75) is 42.9 Å². The Hall–Kier alpha value is -0.650. The number of hydrogen-bond acceptors (Lipinski definition) is 9. The van der Waals surface area contributed by atoms with E-state index in [4.69, 9.17) is 14.6 Å². The van der Waals surface area contributed by atoms with Gasteiger partial charge in [0.2, 0.25) is 0 Å². The van der Waals surface area contributed by atoms with Gasteiger partial charge in [-0.15, -0.1) is 0 Å². The molecule has 21 heavy (non-hydrogen) atoms. The van der Waals surface area contributed by atoms with Gasteiger partial charge in [0.15, 0.2) is 6.29 Å². The topological polar surface area (TPSA) is 152 Å². The van der Waals surface area contributed by atoms with E-state index in [1.807, 2.05) is 0 Å². The first-order chi connectivity index (χ1) is 9.99. The van der Waals surface area contributed by atoms with Gasteiger partial charge in [0.1, 0.15) is 30.5 Å². The Morgan fingerprint density at radius 1 is 1.05 bits per heavy atom. The highest BCUT2D eigenvalue weighted by atomic mass is 16.7. The largest absolute Gasteiger partial charge is 0.396 e. The third-order valence-corrected chi connectivity index (χ3v) is 3.77. The van der Waals surface area contributed by atoms with Crippen molar-refractivity contribution in [2.75, 3.05) is 19.8 Å². The molecule has 0 aromatic rings. The van der Waals surface area contributed by atoms with Gasteiger partial charge in [-0.1, -0.05) is 0 Å². The van der Waals surface area contributed by atoms with E-state index in [1.165, 1.54) is 6.21 Å². The Labute approximate surface area is 121 Å². The van der Waals surface area contributed by atoms with Gasteiger partial charge in [0, 0.05) is 18.7 Å². The first-order valence-corrected chi connectivity index (χ1v) is 6.74. The van der Waals surface area contributed by atoms with Gasteiger partial charge in [-0.2, -0.15) is 0 Å². The SMILES string of the molecule is OC[C@H]1CN=C[C@@H](O)[C@@H]1O[C@@H]1O[C@H](CO)[C@@H](O)[C@H](O)[C@H]1O. The first kappa shape index (κ1) is 16.7. The van der Waals surface area contributed by atoms with Gasteiger partial charge in [-0.05, 0) is 0 Å². The molecule has 6 N–H and O–H groups in total. The summed E-state index contributed by atoms with van der Waals surface area (Å²) in [5, 5.41) is 57.4. The van der Waals surface area contributed by atoms with E-state index >= 15 is 0 Å². The lowest BCUT2D eigenvalue weighted by molar-refractivity contribution is -0.319. The highest BCUT2D eigenvalue weighted by molar-refractivity contribution is 5.64. The van der Waals surface area contributed by atoms with Crippen LogP contribution in [0.5, 0.6) is 0 Å². The predicted octanol–water partition coefficient (Wildman–Crippen LogP) is -3.77. The number of nitrogens with zero attached hydrogens (tertiary/aromatic N) is 1. The zero-order chi connectivity index (χ0) is 15.6. The summed E-state index contributed by atoms with van der Waals surface area (Å²) in [5.41, 5.74) is 0. The molecule has 2 aliphatic rings. The second-order valence-electron chi connectivity index (χ2n) is 5.25. The third kappa shape index (κ3) is 3.41. The van der Waals surface area contributed by atoms with Crippen LogP contribution in [0.2, 0.25) is 0 Å². The van der Waals surface area contributed by atoms with Gasteiger partial charge in [0.05, 0.1) is 19.3 Å². The molecule has 0 spiro atoms. The van der Waals surface area contributed by atoms with Crippen molar-refractivity contribution in [1.82, 2.24) is 0 Å². The van der Waals surface area contributed by atoms with Crippen LogP contribution in [-0.2, 0) is 9.47 Å². The molecule has 0 aromatic heterocycles. The molecule has 9 nitrogen and oxygen atoms in total. The molecule has 0 aromatic carbocycles. The summed E-state index contributed by atoms with van der Waals surface area (Å²) in [7, 11) is 0. The minimum Gasteiger partial charge on any atom is -0.396 e. The summed E-state index contributed by atoms with van der Waals surface area (Å²) in [6.07, 6.45) is -7.72. The number of rotatable bonds is 4. The maximum Gasteiger partial charge on any atom is 0.187 e. The fourth-order valence-corrected chi connectivity index (χ4v) is 2.46. The van der Waals surface area contributed by atoms with E-state index in [2.05, 4.69) is 4.99 Å². The lowest BCUT2D eigenvalue weighted by atomic mass is 9.95. The molecule has 0 aliphatic carbocycles. The minimum absolute atomic E-state index is 0.246. The molecule has 2 aliphatic heterocycles. The Balaban J connectivity index is 2.08. The molecular formula is C12H21NO8. The molecule has 122 valence electrons. The summed E-state index contributed by atoms with van der Waals surface area (Å²) in [4.78, 5) is 3.88. The van der Waals surface area contributed by atoms with E-state index in [-0.39, 0.29) is 13.2 Å². The van der Waals surface area contributed by atoms with E-state index in [0.29, 0.717) is 0 Å². The van der Waals surface area contributed by atoms with Gasteiger partial charge in [-0.25, -0.2) is 0 Å². The van der Waals surface area contributed by atoms with Crippen LogP contribution in [0.4, 0.5) is 0 Å². The molecule has 1 saturated heterocycles. The maximum atomic E-state index is 9.88. The van der Waals surface area contributed by atoms with Crippen LogP contribution < -0.4 is 0 Å². The molecular weight excluding hydrogens is 286 g/mol. The summed E-state index contributed by atoms with van der Waals surface area (Å²) < 4.78 is 10.7. The average Bonchev–Trinajstić information content (AvgIpc) is 2.49. The summed E-state index contributed by atoms with van der Waals surface area (Å²) in [6, 6.07) is 0. The number of aliphatic imine (C=N–C) groups is 1. The van der Waals surface area contributed by atoms with Gasteiger partial charge in [0.25, 0.3) is 0 Å². The van der Waals surface area contributed by atoms with Crippen molar-refractivity contribution in [3.8, 4) is 0 Å². The van der Waals surface area contributed by atoms with E-state index in [1.54, 1.807) is 0 Å². The van der Waals surface area contributed by atoms with Crippen molar-refractivity contribution >= 4 is 6.21 Å². The Morgan fingerprint density at radius 2 is 1.76 bits per heavy atom. The molecule has 2 rings (SSSR count). The number of hydrogen-bond donors (Lipinski definition) is 6. The standard InChI is InChI=1S/C12H21NO8/c14-3-5-1-13-2-6(16)11(5)21-12-10(19)9(18)8(17)7(4-15)20-12/h2,5-12,14-19H,1,3-4H2/t5-,6-,7-,8-,9+,10-,11-,12+/m1/s1. The predicted molar refractivity (Wildman–Crippen MR) is 68.6 cm³/mol. The zero-order valence-electron chi connectivity index (χ0n) is 11.3. The lowest BCUT2D eigenvalue weighted by Gasteiger charge is -2.42.